The monoisotopic (exact) mass is 302 g/mol. The Kier molecular flexibility index (Phi) is 4.67. The number of ether oxygens (including phenoxy) is 1. The van der Waals surface area contributed by atoms with Crippen molar-refractivity contribution in [3.05, 3.63) is 29.8 Å². The fourth-order valence-corrected chi connectivity index (χ4v) is 3.39. The van der Waals surface area contributed by atoms with E-state index in [9.17, 15) is 4.79 Å². The van der Waals surface area contributed by atoms with Crippen molar-refractivity contribution in [1.82, 2.24) is 4.90 Å². The Hall–Kier alpha value is -1.55. The first kappa shape index (κ1) is 15.3. The molecule has 2 aliphatic carbocycles. The number of hydrogen-bond acceptors (Lipinski definition) is 3. The van der Waals surface area contributed by atoms with E-state index in [-0.39, 0.29) is 12.0 Å². The average molecular weight is 302 g/mol. The molecule has 1 aromatic carbocycles. The second kappa shape index (κ2) is 6.69. The zero-order valence-corrected chi connectivity index (χ0v) is 13.3. The molecule has 0 radical (unpaired) electrons. The molecule has 2 unspecified atom stereocenters. The van der Waals surface area contributed by atoms with Gasteiger partial charge in [0.2, 0.25) is 5.91 Å². The van der Waals surface area contributed by atoms with Gasteiger partial charge in [-0.25, -0.2) is 0 Å². The Morgan fingerprint density at radius 3 is 2.55 bits per heavy atom. The van der Waals surface area contributed by atoms with Gasteiger partial charge in [0, 0.05) is 24.5 Å². The highest BCUT2D eigenvalue weighted by Crippen LogP contribution is 2.33. The van der Waals surface area contributed by atoms with E-state index in [1.165, 1.54) is 5.56 Å². The van der Waals surface area contributed by atoms with Crippen LogP contribution >= 0.6 is 0 Å². The minimum Gasteiger partial charge on any atom is -0.497 e. The van der Waals surface area contributed by atoms with Gasteiger partial charge in [-0.2, -0.15) is 0 Å². The van der Waals surface area contributed by atoms with Crippen LogP contribution in [0, 0.1) is 5.92 Å². The lowest BCUT2D eigenvalue weighted by Crippen LogP contribution is -2.41. The topological polar surface area (TPSA) is 55.6 Å². The quantitative estimate of drug-likeness (QED) is 0.910. The number of nitrogens with two attached hydrogens (primary N) is 1. The van der Waals surface area contributed by atoms with Crippen LogP contribution in [0.3, 0.4) is 0 Å². The first-order chi connectivity index (χ1) is 10.7. The molecule has 2 atom stereocenters. The second-order valence-electron chi connectivity index (χ2n) is 6.67. The molecule has 0 bridgehead atoms. The van der Waals surface area contributed by atoms with Crippen LogP contribution in [0.5, 0.6) is 5.75 Å². The lowest BCUT2D eigenvalue weighted by Gasteiger charge is -2.31. The van der Waals surface area contributed by atoms with Crippen LogP contribution in [-0.4, -0.2) is 30.0 Å². The molecule has 0 heterocycles. The summed E-state index contributed by atoms with van der Waals surface area (Å²) in [4.78, 5) is 15.0. The van der Waals surface area contributed by atoms with Gasteiger partial charge in [-0.15, -0.1) is 0 Å². The van der Waals surface area contributed by atoms with Crippen molar-refractivity contribution in [2.45, 2.75) is 57.2 Å². The number of methoxy groups -OCH3 is 1. The summed E-state index contributed by atoms with van der Waals surface area (Å²) in [6.07, 6.45) is 6.27. The van der Waals surface area contributed by atoms with E-state index in [1.807, 2.05) is 24.3 Å². The molecule has 0 aromatic heterocycles. The van der Waals surface area contributed by atoms with Gasteiger partial charge < -0.3 is 15.4 Å². The summed E-state index contributed by atoms with van der Waals surface area (Å²) < 4.78 is 5.19. The van der Waals surface area contributed by atoms with E-state index in [2.05, 4.69) is 4.90 Å². The maximum atomic E-state index is 12.9. The van der Waals surface area contributed by atoms with Crippen LogP contribution < -0.4 is 10.5 Å². The van der Waals surface area contributed by atoms with Gasteiger partial charge in [0.05, 0.1) is 7.11 Å². The Bertz CT molecular complexity index is 510. The smallest absolute Gasteiger partial charge is 0.226 e. The van der Waals surface area contributed by atoms with Crippen molar-refractivity contribution in [3.63, 3.8) is 0 Å². The number of amides is 1. The molecular formula is C18H26N2O2. The molecule has 1 aromatic rings. The highest BCUT2D eigenvalue weighted by Gasteiger charge is 2.37. The number of rotatable bonds is 5. The van der Waals surface area contributed by atoms with Crippen molar-refractivity contribution in [2.75, 3.05) is 7.11 Å². The Balaban J connectivity index is 1.67. The van der Waals surface area contributed by atoms with Crippen LogP contribution in [-0.2, 0) is 11.3 Å². The van der Waals surface area contributed by atoms with Crippen molar-refractivity contribution < 1.29 is 9.53 Å². The summed E-state index contributed by atoms with van der Waals surface area (Å²) in [7, 11) is 1.67. The molecule has 0 spiro atoms. The normalized spacial score (nSPS) is 24.8. The molecule has 1 amide bonds. The van der Waals surface area contributed by atoms with Gasteiger partial charge in [0.1, 0.15) is 5.75 Å². The summed E-state index contributed by atoms with van der Waals surface area (Å²) >= 11 is 0. The van der Waals surface area contributed by atoms with E-state index in [0.717, 1.165) is 44.3 Å². The minimum absolute atomic E-state index is 0.127. The molecule has 2 fully saturated rings. The number of carbonyl (C=O) groups is 1. The molecule has 2 saturated carbocycles. The lowest BCUT2D eigenvalue weighted by molar-refractivity contribution is -0.138. The van der Waals surface area contributed by atoms with Gasteiger partial charge in [0.25, 0.3) is 0 Å². The highest BCUT2D eigenvalue weighted by atomic mass is 16.5. The van der Waals surface area contributed by atoms with E-state index >= 15 is 0 Å². The molecule has 0 aliphatic heterocycles. The van der Waals surface area contributed by atoms with Crippen molar-refractivity contribution in [2.24, 2.45) is 11.7 Å². The zero-order valence-electron chi connectivity index (χ0n) is 13.3. The van der Waals surface area contributed by atoms with Gasteiger partial charge in [-0.1, -0.05) is 18.6 Å². The lowest BCUT2D eigenvalue weighted by atomic mass is 9.85. The molecule has 2 aliphatic rings. The molecule has 4 heteroatoms. The number of carbonyl (C=O) groups excluding carboxylic acids is 1. The minimum atomic E-state index is 0.127. The molecular weight excluding hydrogens is 276 g/mol. The average Bonchev–Trinajstić information content (AvgIpc) is 3.37. The first-order valence-electron chi connectivity index (χ1n) is 8.36. The fourth-order valence-electron chi connectivity index (χ4n) is 3.39. The highest BCUT2D eigenvalue weighted by molar-refractivity contribution is 5.79. The molecule has 0 saturated heterocycles. The third-order valence-electron chi connectivity index (χ3n) is 4.85. The summed E-state index contributed by atoms with van der Waals surface area (Å²) in [5.74, 6) is 1.29. The van der Waals surface area contributed by atoms with E-state index in [4.69, 9.17) is 10.5 Å². The van der Waals surface area contributed by atoms with Gasteiger partial charge >= 0.3 is 0 Å². The molecule has 2 N–H and O–H groups in total. The van der Waals surface area contributed by atoms with Crippen LogP contribution in [0.2, 0.25) is 0 Å². The third-order valence-corrected chi connectivity index (χ3v) is 4.85. The number of benzene rings is 1. The maximum absolute atomic E-state index is 12.9. The van der Waals surface area contributed by atoms with E-state index in [1.54, 1.807) is 7.11 Å². The van der Waals surface area contributed by atoms with Gasteiger partial charge in [-0.3, -0.25) is 4.79 Å². The van der Waals surface area contributed by atoms with Crippen molar-refractivity contribution in [3.8, 4) is 5.75 Å². The number of nitrogens with zero attached hydrogens (tertiary/aromatic N) is 1. The van der Waals surface area contributed by atoms with Gasteiger partial charge in [-0.05, 0) is 49.8 Å². The summed E-state index contributed by atoms with van der Waals surface area (Å²) in [6.45, 7) is 0.708. The third kappa shape index (κ3) is 3.61. The standard InChI is InChI=1S/C18H26N2O2/c1-22-17-9-5-13(6-10-17)12-20(16-7-8-16)18(21)14-3-2-4-15(19)11-14/h5-6,9-10,14-16H,2-4,7-8,11-12,19H2,1H3. The van der Waals surface area contributed by atoms with E-state index in [0.29, 0.717) is 18.5 Å². The van der Waals surface area contributed by atoms with Crippen LogP contribution in [0.4, 0.5) is 0 Å². The molecule has 4 nitrogen and oxygen atoms in total. The van der Waals surface area contributed by atoms with E-state index < -0.39 is 0 Å². The number of hydrogen-bond donors (Lipinski definition) is 1. The van der Waals surface area contributed by atoms with Crippen LogP contribution in [0.25, 0.3) is 0 Å². The summed E-state index contributed by atoms with van der Waals surface area (Å²) in [5.41, 5.74) is 7.22. The first-order valence-corrected chi connectivity index (χ1v) is 8.36. The predicted molar refractivity (Wildman–Crippen MR) is 86.5 cm³/mol. The second-order valence-corrected chi connectivity index (χ2v) is 6.67. The Morgan fingerprint density at radius 1 is 1.23 bits per heavy atom. The molecule has 3 rings (SSSR count). The fraction of sp³-hybridized carbons (Fsp3) is 0.611. The van der Waals surface area contributed by atoms with Crippen molar-refractivity contribution >= 4 is 5.91 Å². The Morgan fingerprint density at radius 2 is 1.95 bits per heavy atom. The van der Waals surface area contributed by atoms with Gasteiger partial charge in [0.15, 0.2) is 0 Å². The summed E-state index contributed by atoms with van der Waals surface area (Å²) in [5, 5.41) is 0. The maximum Gasteiger partial charge on any atom is 0.226 e. The van der Waals surface area contributed by atoms with Crippen LogP contribution in [0.1, 0.15) is 44.1 Å². The molecule has 22 heavy (non-hydrogen) atoms. The predicted octanol–water partition coefficient (Wildman–Crippen LogP) is 2.70. The van der Waals surface area contributed by atoms with Crippen LogP contribution in [0.15, 0.2) is 24.3 Å². The van der Waals surface area contributed by atoms with Crippen molar-refractivity contribution in [1.29, 1.82) is 0 Å². The Labute approximate surface area is 132 Å². The zero-order chi connectivity index (χ0) is 15.5. The summed E-state index contributed by atoms with van der Waals surface area (Å²) in [6, 6.07) is 8.66. The molecule has 120 valence electrons. The largest absolute Gasteiger partial charge is 0.497 e. The SMILES string of the molecule is COc1ccc(CN(C(=O)C2CCCC(N)C2)C2CC2)cc1.